The van der Waals surface area contributed by atoms with Gasteiger partial charge in [-0.2, -0.15) is 4.99 Å². The van der Waals surface area contributed by atoms with Crippen molar-refractivity contribution in [1.29, 1.82) is 0 Å². The van der Waals surface area contributed by atoms with Crippen LogP contribution in [0.4, 0.5) is 5.69 Å². The standard InChI is InChI=1S/C7H5NS.CH3Br/c9-6-8-7-4-2-1-3-5-7;1-2/h1-5H;1H3. The molecule has 0 amide bonds. The molecule has 3 heteroatoms. The van der Waals surface area contributed by atoms with E-state index in [1.165, 1.54) is 0 Å². The van der Waals surface area contributed by atoms with E-state index >= 15 is 0 Å². The van der Waals surface area contributed by atoms with E-state index in [1.54, 1.807) is 0 Å². The zero-order valence-electron chi connectivity index (χ0n) is 6.12. The Bertz CT molecular complexity index is 229. The molecule has 0 atom stereocenters. The lowest BCUT2D eigenvalue weighted by atomic mass is 10.3. The van der Waals surface area contributed by atoms with E-state index in [9.17, 15) is 0 Å². The molecule has 0 heterocycles. The van der Waals surface area contributed by atoms with Crippen LogP contribution in [0, 0.1) is 0 Å². The largest absolute Gasteiger partial charge is 0.195 e. The van der Waals surface area contributed by atoms with Gasteiger partial charge in [0, 0.05) is 0 Å². The lowest BCUT2D eigenvalue weighted by Crippen LogP contribution is -1.58. The van der Waals surface area contributed by atoms with E-state index in [1.807, 2.05) is 36.2 Å². The minimum absolute atomic E-state index is 0.854. The van der Waals surface area contributed by atoms with Crippen LogP contribution in [0.5, 0.6) is 0 Å². The van der Waals surface area contributed by atoms with E-state index in [4.69, 9.17) is 0 Å². The van der Waals surface area contributed by atoms with Crippen molar-refractivity contribution in [3.63, 3.8) is 0 Å². The van der Waals surface area contributed by atoms with Crippen LogP contribution in [-0.2, 0) is 0 Å². The number of hydrogen-bond acceptors (Lipinski definition) is 2. The average Bonchev–Trinajstić information content (AvgIpc) is 2.11. The summed E-state index contributed by atoms with van der Waals surface area (Å²) in [5.74, 6) is 1.81. The van der Waals surface area contributed by atoms with Gasteiger partial charge < -0.3 is 0 Å². The molecule has 0 aromatic heterocycles. The topological polar surface area (TPSA) is 12.4 Å². The van der Waals surface area contributed by atoms with Crippen molar-refractivity contribution in [2.24, 2.45) is 4.99 Å². The van der Waals surface area contributed by atoms with Crippen LogP contribution < -0.4 is 0 Å². The molecule has 0 spiro atoms. The van der Waals surface area contributed by atoms with Crippen molar-refractivity contribution < 1.29 is 0 Å². The van der Waals surface area contributed by atoms with Gasteiger partial charge in [-0.15, -0.1) is 0 Å². The maximum Gasteiger partial charge on any atom is 0.0739 e. The molecule has 0 radical (unpaired) electrons. The van der Waals surface area contributed by atoms with Gasteiger partial charge in [-0.25, -0.2) is 0 Å². The molecule has 0 aliphatic heterocycles. The molecule has 0 aliphatic rings. The van der Waals surface area contributed by atoms with Crippen LogP contribution in [0.1, 0.15) is 0 Å². The molecule has 1 aromatic carbocycles. The van der Waals surface area contributed by atoms with E-state index in [-0.39, 0.29) is 0 Å². The molecule has 0 saturated carbocycles. The molecule has 58 valence electrons. The molecule has 1 aromatic rings. The number of alkyl halides is 1. The molecule has 0 saturated heterocycles. The summed E-state index contributed by atoms with van der Waals surface area (Å²) in [6.45, 7) is 0. The second-order valence-corrected chi connectivity index (χ2v) is 1.72. The van der Waals surface area contributed by atoms with Crippen molar-refractivity contribution in [2.45, 2.75) is 0 Å². The third-order valence-corrected chi connectivity index (χ3v) is 1.02. The van der Waals surface area contributed by atoms with Gasteiger partial charge >= 0.3 is 0 Å². The van der Waals surface area contributed by atoms with Crippen LogP contribution in [-0.4, -0.2) is 11.0 Å². The second kappa shape index (κ2) is 7.61. The highest BCUT2D eigenvalue weighted by molar-refractivity contribution is 9.08. The van der Waals surface area contributed by atoms with Crippen LogP contribution in [0.25, 0.3) is 0 Å². The number of para-hydroxylation sites is 1. The Morgan fingerprint density at radius 3 is 2.27 bits per heavy atom. The van der Waals surface area contributed by atoms with Gasteiger partial charge in [0.25, 0.3) is 0 Å². The van der Waals surface area contributed by atoms with Crippen LogP contribution >= 0.6 is 28.1 Å². The van der Waals surface area contributed by atoms with Crippen LogP contribution in [0.3, 0.4) is 0 Å². The van der Waals surface area contributed by atoms with Gasteiger partial charge in [0.15, 0.2) is 0 Å². The Morgan fingerprint density at radius 1 is 1.27 bits per heavy atom. The highest BCUT2D eigenvalue weighted by atomic mass is 79.9. The Balaban J connectivity index is 0.000000461. The summed E-state index contributed by atoms with van der Waals surface area (Å²) in [6.07, 6.45) is 0. The molecular formula is C8H8BrNS. The van der Waals surface area contributed by atoms with E-state index in [0.717, 1.165) is 5.69 Å². The Hall–Kier alpha value is -0.500. The van der Waals surface area contributed by atoms with Crippen molar-refractivity contribution >= 4 is 39.0 Å². The first-order valence-corrected chi connectivity index (χ1v) is 4.93. The maximum absolute atomic E-state index is 4.42. The first kappa shape index (κ1) is 10.5. The number of benzene rings is 1. The highest BCUT2D eigenvalue weighted by Crippen LogP contribution is 2.07. The normalized spacial score (nSPS) is 7.09. The first-order chi connectivity index (χ1) is 5.43. The number of isothiocyanates is 1. The number of halogens is 1. The zero-order valence-corrected chi connectivity index (χ0v) is 8.52. The van der Waals surface area contributed by atoms with Gasteiger partial charge in [0.05, 0.1) is 10.8 Å². The highest BCUT2D eigenvalue weighted by Gasteiger charge is 1.79. The fourth-order valence-electron chi connectivity index (χ4n) is 0.555. The zero-order chi connectivity index (χ0) is 8.53. The van der Waals surface area contributed by atoms with Crippen LogP contribution in [0.15, 0.2) is 35.3 Å². The lowest BCUT2D eigenvalue weighted by molar-refractivity contribution is 1.55. The molecule has 1 nitrogen and oxygen atoms in total. The fraction of sp³-hybridized carbons (Fsp3) is 0.125. The molecule has 0 fully saturated rings. The lowest BCUT2D eigenvalue weighted by Gasteiger charge is -1.83. The maximum atomic E-state index is 4.42. The summed E-state index contributed by atoms with van der Waals surface area (Å²) < 4.78 is 0. The van der Waals surface area contributed by atoms with E-state index < -0.39 is 0 Å². The minimum atomic E-state index is 0.854. The third kappa shape index (κ3) is 4.85. The summed E-state index contributed by atoms with van der Waals surface area (Å²) in [7, 11) is 0. The Labute approximate surface area is 80.3 Å². The third-order valence-electron chi connectivity index (χ3n) is 0.931. The second-order valence-electron chi connectivity index (χ2n) is 1.54. The molecule has 0 aliphatic carbocycles. The van der Waals surface area contributed by atoms with Gasteiger partial charge in [0.1, 0.15) is 0 Å². The van der Waals surface area contributed by atoms with Gasteiger partial charge in [-0.05, 0) is 30.2 Å². The smallest absolute Gasteiger partial charge is 0.0739 e. The van der Waals surface area contributed by atoms with Crippen molar-refractivity contribution in [1.82, 2.24) is 0 Å². The van der Waals surface area contributed by atoms with Gasteiger partial charge in [-0.1, -0.05) is 34.1 Å². The number of nitrogens with zero attached hydrogens (tertiary/aromatic N) is 1. The van der Waals surface area contributed by atoms with Crippen molar-refractivity contribution in [3.8, 4) is 0 Å². The Morgan fingerprint density at radius 2 is 1.82 bits per heavy atom. The summed E-state index contributed by atoms with van der Waals surface area (Å²) in [5.41, 5.74) is 0.854. The van der Waals surface area contributed by atoms with Crippen LogP contribution in [0.2, 0.25) is 0 Å². The number of aliphatic imine (C=N–C) groups is 1. The molecule has 1 rings (SSSR count). The predicted octanol–water partition coefficient (Wildman–Crippen LogP) is 3.43. The SMILES string of the molecule is CBr.S=C=Nc1ccccc1. The van der Waals surface area contributed by atoms with Crippen molar-refractivity contribution in [3.05, 3.63) is 30.3 Å². The summed E-state index contributed by atoms with van der Waals surface area (Å²) in [4.78, 5) is 3.77. The van der Waals surface area contributed by atoms with Gasteiger partial charge in [-0.3, -0.25) is 0 Å². The minimum Gasteiger partial charge on any atom is -0.195 e. The molecule has 0 unspecified atom stereocenters. The van der Waals surface area contributed by atoms with E-state index in [2.05, 4.69) is 38.3 Å². The Kier molecular flexibility index (Phi) is 7.26. The molecule has 0 N–H and O–H groups in total. The number of thiocarbonyl (C=S) groups is 1. The summed E-state index contributed by atoms with van der Waals surface area (Å²) >= 11 is 7.35. The van der Waals surface area contributed by atoms with E-state index in [0.29, 0.717) is 0 Å². The monoisotopic (exact) mass is 229 g/mol. The first-order valence-electron chi connectivity index (χ1n) is 2.94. The van der Waals surface area contributed by atoms with Crippen molar-refractivity contribution in [2.75, 3.05) is 5.83 Å². The van der Waals surface area contributed by atoms with Gasteiger partial charge in [0.2, 0.25) is 0 Å². The fourth-order valence-corrected chi connectivity index (χ4v) is 0.661. The summed E-state index contributed by atoms with van der Waals surface area (Å²) in [5, 5.41) is 2.29. The number of rotatable bonds is 1. The summed E-state index contributed by atoms with van der Waals surface area (Å²) in [6, 6.07) is 9.50. The number of hydrogen-bond donors (Lipinski definition) is 0. The quantitative estimate of drug-likeness (QED) is 0.409. The predicted molar refractivity (Wildman–Crippen MR) is 56.0 cm³/mol. The molecular weight excluding hydrogens is 222 g/mol. The molecule has 0 bridgehead atoms. The average molecular weight is 230 g/mol. The molecule has 11 heavy (non-hydrogen) atoms.